The zero-order valence-corrected chi connectivity index (χ0v) is 10.5. The molecule has 16 heavy (non-hydrogen) atoms. The average Bonchev–Trinajstić information content (AvgIpc) is 2.28. The van der Waals surface area contributed by atoms with Crippen LogP contribution in [-0.2, 0) is 0 Å². The third-order valence-electron chi connectivity index (χ3n) is 2.07. The maximum absolute atomic E-state index is 11.4. The summed E-state index contributed by atoms with van der Waals surface area (Å²) in [6, 6.07) is 7.12. The molecule has 0 aromatic heterocycles. The number of carbonyl (C=O) groups excluding carboxylic acids is 2. The smallest absolute Gasteiger partial charge is 0.285 e. The number of thioether (sulfide) groups is 1. The monoisotopic (exact) mass is 237 g/mol. The summed E-state index contributed by atoms with van der Waals surface area (Å²) in [5.74, 6) is 0.121. The highest BCUT2D eigenvalue weighted by molar-refractivity contribution is 8.13. The maximum Gasteiger partial charge on any atom is 0.285 e. The lowest BCUT2D eigenvalue weighted by Gasteiger charge is -2.09. The fraction of sp³-hybridized carbons (Fsp3) is 0.333. The number of nitrogens with zero attached hydrogens (tertiary/aromatic N) is 1. The first kappa shape index (κ1) is 12.8. The largest absolute Gasteiger partial charge is 0.339 e. The van der Waals surface area contributed by atoms with Crippen LogP contribution in [0, 0.1) is 0 Å². The zero-order valence-electron chi connectivity index (χ0n) is 9.69. The molecular weight excluding hydrogens is 222 g/mol. The summed E-state index contributed by atoms with van der Waals surface area (Å²) in [5, 5.41) is -0.0189. The Bertz CT molecular complexity index is 385. The lowest BCUT2D eigenvalue weighted by atomic mass is 10.1. The fourth-order valence-corrected chi connectivity index (χ4v) is 1.76. The van der Waals surface area contributed by atoms with Gasteiger partial charge in [0, 0.05) is 31.0 Å². The molecular formula is C12H15NO2S. The van der Waals surface area contributed by atoms with Gasteiger partial charge < -0.3 is 4.90 Å². The molecule has 0 radical (unpaired) electrons. The summed E-state index contributed by atoms with van der Waals surface area (Å²) < 4.78 is 0. The third-order valence-corrected chi connectivity index (χ3v) is 3.12. The number of Topliss-reactive ketones (excluding diaryl/α,β-unsaturated/α-hetero) is 1. The van der Waals surface area contributed by atoms with Gasteiger partial charge in [0.2, 0.25) is 0 Å². The molecule has 1 aromatic rings. The quantitative estimate of drug-likeness (QED) is 0.599. The van der Waals surface area contributed by atoms with Crippen molar-refractivity contribution < 1.29 is 9.59 Å². The van der Waals surface area contributed by atoms with E-state index < -0.39 is 0 Å². The van der Waals surface area contributed by atoms with E-state index in [0.29, 0.717) is 12.0 Å². The molecule has 4 heteroatoms. The van der Waals surface area contributed by atoms with E-state index in [0.717, 1.165) is 16.7 Å². The van der Waals surface area contributed by atoms with Gasteiger partial charge in [-0.15, -0.1) is 0 Å². The second kappa shape index (κ2) is 5.70. The van der Waals surface area contributed by atoms with Crippen LogP contribution in [0.5, 0.6) is 0 Å². The molecule has 0 saturated heterocycles. The molecule has 0 fully saturated rings. The van der Waals surface area contributed by atoms with E-state index in [1.54, 1.807) is 38.4 Å². The van der Waals surface area contributed by atoms with Crippen molar-refractivity contribution in [1.29, 1.82) is 0 Å². The first-order chi connectivity index (χ1) is 7.54. The van der Waals surface area contributed by atoms with Crippen molar-refractivity contribution in [3.05, 3.63) is 29.8 Å². The maximum atomic E-state index is 11.4. The van der Waals surface area contributed by atoms with E-state index in [1.165, 1.54) is 4.90 Å². The number of hydrogen-bond donors (Lipinski definition) is 0. The van der Waals surface area contributed by atoms with Crippen molar-refractivity contribution >= 4 is 22.8 Å². The Balaban J connectivity index is 2.72. The van der Waals surface area contributed by atoms with Crippen LogP contribution in [0.3, 0.4) is 0 Å². The minimum absolute atomic E-state index is 0.0189. The molecule has 0 heterocycles. The van der Waals surface area contributed by atoms with Crippen molar-refractivity contribution in [3.8, 4) is 0 Å². The van der Waals surface area contributed by atoms with Crippen LogP contribution in [0.15, 0.2) is 29.2 Å². The summed E-state index contributed by atoms with van der Waals surface area (Å²) in [5.41, 5.74) is 0.698. The Morgan fingerprint density at radius 2 is 1.75 bits per heavy atom. The molecule has 0 spiro atoms. The van der Waals surface area contributed by atoms with Crippen LogP contribution < -0.4 is 0 Å². The zero-order chi connectivity index (χ0) is 12.1. The van der Waals surface area contributed by atoms with Crippen molar-refractivity contribution in [3.63, 3.8) is 0 Å². The highest BCUT2D eigenvalue weighted by Gasteiger charge is 2.07. The molecule has 0 saturated carbocycles. The Morgan fingerprint density at radius 1 is 1.19 bits per heavy atom. The molecule has 0 aliphatic carbocycles. The summed E-state index contributed by atoms with van der Waals surface area (Å²) in [4.78, 5) is 25.2. The second-order valence-electron chi connectivity index (χ2n) is 3.56. The number of carbonyl (C=O) groups is 2. The van der Waals surface area contributed by atoms with Crippen LogP contribution >= 0.6 is 11.8 Å². The van der Waals surface area contributed by atoms with E-state index in [9.17, 15) is 9.59 Å². The van der Waals surface area contributed by atoms with Gasteiger partial charge >= 0.3 is 0 Å². The first-order valence-electron chi connectivity index (χ1n) is 5.07. The van der Waals surface area contributed by atoms with E-state index >= 15 is 0 Å². The number of ketones is 1. The van der Waals surface area contributed by atoms with Crippen LogP contribution in [0.1, 0.15) is 23.7 Å². The van der Waals surface area contributed by atoms with Crippen LogP contribution in [0.4, 0.5) is 4.79 Å². The van der Waals surface area contributed by atoms with Crippen molar-refractivity contribution in [2.24, 2.45) is 0 Å². The Labute approximate surface area is 99.8 Å². The average molecular weight is 237 g/mol. The van der Waals surface area contributed by atoms with Crippen LogP contribution in [-0.4, -0.2) is 30.0 Å². The summed E-state index contributed by atoms with van der Waals surface area (Å²) in [6.07, 6.45) is 0.503. The normalized spacial score (nSPS) is 9.94. The molecule has 0 aliphatic heterocycles. The Hall–Kier alpha value is -1.29. The molecule has 0 N–H and O–H groups in total. The molecule has 1 rings (SSSR count). The van der Waals surface area contributed by atoms with Gasteiger partial charge in [0.15, 0.2) is 5.78 Å². The molecule has 0 bridgehead atoms. The third kappa shape index (κ3) is 3.38. The molecule has 86 valence electrons. The van der Waals surface area contributed by atoms with Crippen LogP contribution in [0.25, 0.3) is 0 Å². The predicted molar refractivity (Wildman–Crippen MR) is 66.0 cm³/mol. The van der Waals surface area contributed by atoms with Crippen molar-refractivity contribution in [2.45, 2.75) is 18.2 Å². The number of benzene rings is 1. The molecule has 0 atom stereocenters. The SMILES string of the molecule is CCC(=O)c1ccc(SC(=O)N(C)C)cc1. The molecule has 0 unspecified atom stereocenters. The minimum atomic E-state index is -0.0189. The minimum Gasteiger partial charge on any atom is -0.339 e. The number of amides is 1. The van der Waals surface area contributed by atoms with Crippen molar-refractivity contribution in [1.82, 2.24) is 4.90 Å². The van der Waals surface area contributed by atoms with E-state index in [4.69, 9.17) is 0 Å². The topological polar surface area (TPSA) is 37.4 Å². The highest BCUT2D eigenvalue weighted by atomic mass is 32.2. The van der Waals surface area contributed by atoms with Gasteiger partial charge in [-0.25, -0.2) is 0 Å². The van der Waals surface area contributed by atoms with E-state index in [2.05, 4.69) is 0 Å². The van der Waals surface area contributed by atoms with Gasteiger partial charge in [-0.3, -0.25) is 9.59 Å². The Kier molecular flexibility index (Phi) is 4.55. The molecule has 1 aromatic carbocycles. The summed E-state index contributed by atoms with van der Waals surface area (Å²) in [6.45, 7) is 1.83. The highest BCUT2D eigenvalue weighted by Crippen LogP contribution is 2.21. The lowest BCUT2D eigenvalue weighted by Crippen LogP contribution is -2.15. The van der Waals surface area contributed by atoms with E-state index in [-0.39, 0.29) is 11.0 Å². The van der Waals surface area contributed by atoms with Gasteiger partial charge in [-0.05, 0) is 23.9 Å². The van der Waals surface area contributed by atoms with Gasteiger partial charge in [-0.2, -0.15) is 0 Å². The predicted octanol–water partition coefficient (Wildman–Crippen LogP) is 3.05. The fourth-order valence-electron chi connectivity index (χ4n) is 1.11. The first-order valence-corrected chi connectivity index (χ1v) is 5.88. The van der Waals surface area contributed by atoms with Crippen LogP contribution in [0.2, 0.25) is 0 Å². The lowest BCUT2D eigenvalue weighted by molar-refractivity contribution is 0.0988. The van der Waals surface area contributed by atoms with Gasteiger partial charge in [0.1, 0.15) is 0 Å². The molecule has 3 nitrogen and oxygen atoms in total. The molecule has 1 amide bonds. The summed E-state index contributed by atoms with van der Waals surface area (Å²) >= 11 is 1.16. The van der Waals surface area contributed by atoms with Crippen molar-refractivity contribution in [2.75, 3.05) is 14.1 Å². The standard InChI is InChI=1S/C12H15NO2S/c1-4-11(14)9-5-7-10(8-6-9)16-12(15)13(2)3/h5-8H,4H2,1-3H3. The van der Waals surface area contributed by atoms with Gasteiger partial charge in [-0.1, -0.05) is 19.1 Å². The molecule has 0 aliphatic rings. The van der Waals surface area contributed by atoms with E-state index in [1.807, 2.05) is 6.92 Å². The van der Waals surface area contributed by atoms with Gasteiger partial charge in [0.05, 0.1) is 0 Å². The number of rotatable bonds is 3. The second-order valence-corrected chi connectivity index (χ2v) is 4.59. The number of hydrogen-bond acceptors (Lipinski definition) is 3. The van der Waals surface area contributed by atoms with Gasteiger partial charge in [0.25, 0.3) is 5.24 Å². The Morgan fingerprint density at radius 3 is 2.19 bits per heavy atom. The summed E-state index contributed by atoms with van der Waals surface area (Å²) in [7, 11) is 3.43.